The molecule has 0 amide bonds. The fraction of sp³-hybridized carbons (Fsp3) is 0.909. The molecule has 0 saturated heterocycles. The zero-order valence-electron chi connectivity index (χ0n) is 17.5. The van der Waals surface area contributed by atoms with Crippen LogP contribution >= 0.6 is 0 Å². The van der Waals surface area contributed by atoms with E-state index in [2.05, 4.69) is 6.92 Å². The van der Waals surface area contributed by atoms with Gasteiger partial charge in [0.1, 0.15) is 12.2 Å². The predicted molar refractivity (Wildman–Crippen MR) is 112 cm³/mol. The molecule has 0 aromatic carbocycles. The van der Waals surface area contributed by atoms with Crippen LogP contribution in [0, 0.1) is 0 Å². The zero-order valence-corrected chi connectivity index (χ0v) is 18.7. The minimum atomic E-state index is -0.381. The second kappa shape index (κ2) is 22.7. The lowest BCUT2D eigenvalue weighted by Crippen LogP contribution is -2.09. The van der Waals surface area contributed by atoms with Gasteiger partial charge in [-0.15, -0.1) is 0 Å². The Bertz CT molecular complexity index is 319. The van der Waals surface area contributed by atoms with E-state index in [-0.39, 0.29) is 35.5 Å². The summed E-state index contributed by atoms with van der Waals surface area (Å²) in [7, 11) is 0. The average Bonchev–Trinajstić information content (AvgIpc) is 2.57. The standard InChI is InChI=1S/C22H42O3.Al/c1-3-4-5-6-7-8-9-10-11-12-13-14-15-16-17-18-19-25-22(24)20-21(2)23;/h3-20H2,1-2H3;. The number of esters is 1. The van der Waals surface area contributed by atoms with Gasteiger partial charge in [0.25, 0.3) is 0 Å². The molecule has 0 bridgehead atoms. The van der Waals surface area contributed by atoms with Crippen molar-refractivity contribution in [1.29, 1.82) is 0 Å². The van der Waals surface area contributed by atoms with Gasteiger partial charge < -0.3 is 4.74 Å². The summed E-state index contributed by atoms with van der Waals surface area (Å²) in [4.78, 5) is 21.9. The van der Waals surface area contributed by atoms with Gasteiger partial charge in [-0.3, -0.25) is 9.59 Å². The summed E-state index contributed by atoms with van der Waals surface area (Å²) in [6, 6.07) is 0. The molecule has 0 aliphatic rings. The fourth-order valence-corrected chi connectivity index (χ4v) is 3.09. The van der Waals surface area contributed by atoms with Gasteiger partial charge >= 0.3 is 5.97 Å². The van der Waals surface area contributed by atoms with Gasteiger partial charge in [0.05, 0.1) is 6.61 Å². The number of Topliss-reactive ketones (excluding diaryl/α,β-unsaturated/α-hetero) is 1. The zero-order chi connectivity index (χ0) is 18.6. The minimum Gasteiger partial charge on any atom is -0.465 e. The summed E-state index contributed by atoms with van der Waals surface area (Å²) >= 11 is 0. The van der Waals surface area contributed by atoms with Crippen LogP contribution in [0.2, 0.25) is 0 Å². The molecule has 0 fully saturated rings. The maximum absolute atomic E-state index is 11.2. The van der Waals surface area contributed by atoms with Gasteiger partial charge in [-0.1, -0.05) is 103 Å². The molecule has 151 valence electrons. The van der Waals surface area contributed by atoms with Crippen LogP contribution in [0.4, 0.5) is 0 Å². The van der Waals surface area contributed by atoms with E-state index in [0.717, 1.165) is 12.8 Å². The fourth-order valence-electron chi connectivity index (χ4n) is 3.09. The molecule has 0 rings (SSSR count). The van der Waals surface area contributed by atoms with Crippen LogP contribution in [0.3, 0.4) is 0 Å². The molecule has 0 unspecified atom stereocenters. The number of ether oxygens (including phenoxy) is 1. The first-order valence-electron chi connectivity index (χ1n) is 10.8. The maximum Gasteiger partial charge on any atom is 0.313 e. The highest BCUT2D eigenvalue weighted by atomic mass is 27.0. The molecule has 3 radical (unpaired) electrons. The van der Waals surface area contributed by atoms with Crippen molar-refractivity contribution in [3.8, 4) is 0 Å². The third-order valence-electron chi connectivity index (χ3n) is 4.65. The molecule has 0 atom stereocenters. The first-order chi connectivity index (χ1) is 12.2. The van der Waals surface area contributed by atoms with Gasteiger partial charge in [0, 0.05) is 17.4 Å². The van der Waals surface area contributed by atoms with Crippen LogP contribution in [0.15, 0.2) is 0 Å². The molecule has 4 heteroatoms. The van der Waals surface area contributed by atoms with Gasteiger partial charge in [-0.05, 0) is 13.3 Å². The maximum atomic E-state index is 11.2. The van der Waals surface area contributed by atoms with Crippen LogP contribution in [0.1, 0.15) is 123 Å². The first-order valence-corrected chi connectivity index (χ1v) is 10.8. The lowest BCUT2D eigenvalue weighted by Gasteiger charge is -2.04. The predicted octanol–water partition coefficient (Wildman–Crippen LogP) is 6.39. The molecule has 0 heterocycles. The quantitative estimate of drug-likeness (QED) is 0.113. The Labute approximate surface area is 173 Å². The lowest BCUT2D eigenvalue weighted by atomic mass is 10.0. The van der Waals surface area contributed by atoms with E-state index in [0.29, 0.717) is 6.61 Å². The highest BCUT2D eigenvalue weighted by Gasteiger charge is 2.05. The van der Waals surface area contributed by atoms with E-state index < -0.39 is 0 Å². The summed E-state index contributed by atoms with van der Waals surface area (Å²) in [6.07, 6.45) is 21.3. The van der Waals surface area contributed by atoms with E-state index in [1.54, 1.807) is 0 Å². The molecule has 0 N–H and O–H groups in total. The van der Waals surface area contributed by atoms with Crippen molar-refractivity contribution in [2.45, 2.75) is 123 Å². The molecular formula is C22H42AlO3. The number of hydrogen-bond acceptors (Lipinski definition) is 3. The monoisotopic (exact) mass is 381 g/mol. The Morgan fingerprint density at radius 2 is 0.962 bits per heavy atom. The highest BCUT2D eigenvalue weighted by molar-refractivity contribution is 5.94. The summed E-state index contributed by atoms with van der Waals surface area (Å²) in [6.45, 7) is 4.15. The number of carbonyl (C=O) groups is 2. The lowest BCUT2D eigenvalue weighted by molar-refractivity contribution is -0.145. The average molecular weight is 382 g/mol. The molecule has 0 aliphatic carbocycles. The van der Waals surface area contributed by atoms with Crippen LogP contribution in [0.5, 0.6) is 0 Å². The number of carbonyl (C=O) groups excluding carboxylic acids is 2. The number of rotatable bonds is 19. The third-order valence-corrected chi connectivity index (χ3v) is 4.65. The smallest absolute Gasteiger partial charge is 0.313 e. The van der Waals surface area contributed by atoms with Crippen molar-refractivity contribution in [1.82, 2.24) is 0 Å². The Hall–Kier alpha value is -0.328. The van der Waals surface area contributed by atoms with Crippen molar-refractivity contribution in [2.24, 2.45) is 0 Å². The number of unbranched alkanes of at least 4 members (excludes halogenated alkanes) is 15. The Morgan fingerprint density at radius 1 is 0.615 bits per heavy atom. The first kappa shape index (κ1) is 27.9. The molecule has 0 spiro atoms. The summed E-state index contributed by atoms with van der Waals surface area (Å²) in [5.74, 6) is -0.509. The second-order valence-corrected chi connectivity index (χ2v) is 7.40. The normalized spacial score (nSPS) is 10.4. The van der Waals surface area contributed by atoms with E-state index in [1.165, 1.54) is 96.8 Å². The van der Waals surface area contributed by atoms with Crippen molar-refractivity contribution in [2.75, 3.05) is 6.61 Å². The van der Waals surface area contributed by atoms with E-state index in [4.69, 9.17) is 4.74 Å². The van der Waals surface area contributed by atoms with Crippen molar-refractivity contribution < 1.29 is 14.3 Å². The molecule has 26 heavy (non-hydrogen) atoms. The molecule has 0 aromatic heterocycles. The second-order valence-electron chi connectivity index (χ2n) is 7.40. The van der Waals surface area contributed by atoms with E-state index in [1.807, 2.05) is 0 Å². The van der Waals surface area contributed by atoms with Gasteiger partial charge in [0.2, 0.25) is 0 Å². The Kier molecular flexibility index (Phi) is 24.4. The molecule has 0 saturated carbocycles. The summed E-state index contributed by atoms with van der Waals surface area (Å²) < 4.78 is 5.01. The van der Waals surface area contributed by atoms with Gasteiger partial charge in [-0.25, -0.2) is 0 Å². The topological polar surface area (TPSA) is 43.4 Å². The molecule has 0 aliphatic heterocycles. The van der Waals surface area contributed by atoms with Gasteiger partial charge in [-0.2, -0.15) is 0 Å². The Morgan fingerprint density at radius 3 is 1.31 bits per heavy atom. The molecule has 3 nitrogen and oxygen atoms in total. The van der Waals surface area contributed by atoms with E-state index >= 15 is 0 Å². The largest absolute Gasteiger partial charge is 0.465 e. The molecular weight excluding hydrogens is 339 g/mol. The number of ketones is 1. The summed E-state index contributed by atoms with van der Waals surface area (Å²) in [5, 5.41) is 0. The van der Waals surface area contributed by atoms with Crippen molar-refractivity contribution in [3.63, 3.8) is 0 Å². The van der Waals surface area contributed by atoms with Crippen LogP contribution in [0.25, 0.3) is 0 Å². The number of hydrogen-bond donors (Lipinski definition) is 0. The van der Waals surface area contributed by atoms with Crippen molar-refractivity contribution >= 4 is 29.1 Å². The summed E-state index contributed by atoms with van der Waals surface area (Å²) in [5.41, 5.74) is 0. The van der Waals surface area contributed by atoms with Crippen molar-refractivity contribution in [3.05, 3.63) is 0 Å². The van der Waals surface area contributed by atoms with Crippen LogP contribution < -0.4 is 0 Å². The SMILES string of the molecule is CCCCCCCCCCCCCCCCCCOC(=O)CC(C)=O.[Al]. The van der Waals surface area contributed by atoms with Crippen LogP contribution in [-0.4, -0.2) is 35.7 Å². The van der Waals surface area contributed by atoms with Gasteiger partial charge in [0.15, 0.2) is 0 Å². The van der Waals surface area contributed by atoms with E-state index in [9.17, 15) is 9.59 Å². The van der Waals surface area contributed by atoms with Crippen LogP contribution in [-0.2, 0) is 14.3 Å². The highest BCUT2D eigenvalue weighted by Crippen LogP contribution is 2.13. The Balaban J connectivity index is 0. The third kappa shape index (κ3) is 23.7. The molecule has 0 aromatic rings. The minimum absolute atomic E-state index is 0.